The second-order valence-corrected chi connectivity index (χ2v) is 8.14. The van der Waals surface area contributed by atoms with Gasteiger partial charge in [0.15, 0.2) is 5.69 Å². The second-order valence-electron chi connectivity index (χ2n) is 5.64. The van der Waals surface area contributed by atoms with Crippen molar-refractivity contribution in [2.45, 2.75) is 56.9 Å². The summed E-state index contributed by atoms with van der Waals surface area (Å²) in [6.45, 7) is 6.21. The summed E-state index contributed by atoms with van der Waals surface area (Å²) in [7, 11) is 1.48. The maximum Gasteiger partial charge on any atom is 0.276 e. The molecule has 0 atom stereocenters. The summed E-state index contributed by atoms with van der Waals surface area (Å²) in [4.78, 5) is 14.2. The van der Waals surface area contributed by atoms with Crippen molar-refractivity contribution in [1.29, 1.82) is 0 Å². The van der Waals surface area contributed by atoms with Gasteiger partial charge in [-0.15, -0.1) is 0 Å². The van der Waals surface area contributed by atoms with Crippen LogP contribution in [0, 0.1) is 0 Å². The molecule has 2 rings (SSSR count). The molecule has 0 aliphatic heterocycles. The number of carbonyl (C=O) groups is 1. The fourth-order valence-corrected chi connectivity index (χ4v) is 3.72. The van der Waals surface area contributed by atoms with Crippen LogP contribution in [-0.2, 0) is 9.05 Å². The first kappa shape index (κ1) is 16.3. The topological polar surface area (TPSA) is 83.1 Å². The van der Waals surface area contributed by atoms with E-state index in [1.807, 2.05) is 20.8 Å². The summed E-state index contributed by atoms with van der Waals surface area (Å²) in [6.07, 6.45) is 2.72. The Labute approximate surface area is 129 Å². The number of amides is 1. The highest BCUT2D eigenvalue weighted by Gasteiger charge is 2.37. The first-order valence-corrected chi connectivity index (χ1v) is 9.42. The molecule has 118 valence electrons. The fourth-order valence-electron chi connectivity index (χ4n) is 2.34. The van der Waals surface area contributed by atoms with Gasteiger partial charge in [0.1, 0.15) is 4.90 Å². The normalized spacial score (nSPS) is 15.5. The molecule has 1 aliphatic rings. The minimum atomic E-state index is -4.03. The average molecular weight is 334 g/mol. The average Bonchev–Trinajstić information content (AvgIpc) is 3.09. The van der Waals surface area contributed by atoms with Crippen LogP contribution in [0.1, 0.15) is 62.1 Å². The number of rotatable bonds is 6. The first-order valence-electron chi connectivity index (χ1n) is 7.11. The van der Waals surface area contributed by atoms with E-state index >= 15 is 0 Å². The van der Waals surface area contributed by atoms with Gasteiger partial charge in [0.05, 0.1) is 5.69 Å². The predicted molar refractivity (Wildman–Crippen MR) is 80.1 cm³/mol. The van der Waals surface area contributed by atoms with Gasteiger partial charge in [0.2, 0.25) is 0 Å². The lowest BCUT2D eigenvalue weighted by Gasteiger charge is -2.21. The van der Waals surface area contributed by atoms with Gasteiger partial charge >= 0.3 is 0 Å². The van der Waals surface area contributed by atoms with Gasteiger partial charge in [-0.2, -0.15) is 5.10 Å². The summed E-state index contributed by atoms with van der Waals surface area (Å²) < 4.78 is 23.7. The van der Waals surface area contributed by atoms with Gasteiger partial charge in [-0.05, 0) is 25.2 Å². The number of aromatic nitrogens is 2. The fraction of sp³-hybridized carbons (Fsp3) is 0.692. The first-order chi connectivity index (χ1) is 9.77. The van der Waals surface area contributed by atoms with Crippen molar-refractivity contribution >= 4 is 25.6 Å². The molecule has 1 heterocycles. The molecule has 1 aromatic heterocycles. The van der Waals surface area contributed by atoms with E-state index in [4.69, 9.17) is 10.7 Å². The molecule has 1 aromatic rings. The molecule has 1 N–H and O–H groups in total. The molecule has 8 heteroatoms. The molecule has 6 nitrogen and oxygen atoms in total. The maximum absolute atomic E-state index is 12.6. The molecule has 0 spiro atoms. The van der Waals surface area contributed by atoms with Crippen LogP contribution >= 0.6 is 10.7 Å². The Morgan fingerprint density at radius 2 is 2.10 bits per heavy atom. The smallest absolute Gasteiger partial charge is 0.276 e. The third-order valence-corrected chi connectivity index (χ3v) is 4.85. The van der Waals surface area contributed by atoms with Crippen LogP contribution in [0.25, 0.3) is 0 Å². The highest BCUT2D eigenvalue weighted by Crippen LogP contribution is 2.32. The number of aromatic amines is 1. The van der Waals surface area contributed by atoms with Crippen LogP contribution in [0.3, 0.4) is 0 Å². The molecule has 1 saturated carbocycles. The largest absolute Gasteiger partial charge is 0.334 e. The van der Waals surface area contributed by atoms with Crippen LogP contribution in [0.4, 0.5) is 0 Å². The number of nitrogens with one attached hydrogen (secondary N) is 1. The van der Waals surface area contributed by atoms with E-state index in [9.17, 15) is 13.2 Å². The summed E-state index contributed by atoms with van der Waals surface area (Å²) in [5, 5.41) is 6.59. The van der Waals surface area contributed by atoms with Gasteiger partial charge in [-0.3, -0.25) is 9.89 Å². The van der Waals surface area contributed by atoms with Gasteiger partial charge < -0.3 is 4.90 Å². The predicted octanol–water partition coefficient (Wildman–Crippen LogP) is 2.48. The number of H-pyrrole nitrogens is 1. The van der Waals surface area contributed by atoms with E-state index in [-0.39, 0.29) is 28.5 Å². The minimum absolute atomic E-state index is 0.0888. The van der Waals surface area contributed by atoms with Crippen molar-refractivity contribution in [3.8, 4) is 0 Å². The van der Waals surface area contributed by atoms with Crippen LogP contribution in [0.5, 0.6) is 0 Å². The van der Waals surface area contributed by atoms with Crippen molar-refractivity contribution in [2.75, 3.05) is 6.54 Å². The van der Waals surface area contributed by atoms with Crippen LogP contribution in [0.15, 0.2) is 4.90 Å². The zero-order valence-corrected chi connectivity index (χ0v) is 14.0. The molecule has 0 unspecified atom stereocenters. The van der Waals surface area contributed by atoms with Crippen LogP contribution < -0.4 is 0 Å². The molecule has 0 aromatic carbocycles. The maximum atomic E-state index is 12.6. The van der Waals surface area contributed by atoms with Gasteiger partial charge in [0, 0.05) is 23.3 Å². The summed E-state index contributed by atoms with van der Waals surface area (Å²) in [5.74, 6) is -0.482. The molecular formula is C13H20ClN3O3S. The highest BCUT2D eigenvalue weighted by atomic mass is 35.7. The Bertz CT molecular complexity index is 635. The van der Waals surface area contributed by atoms with Crippen LogP contribution in [0.2, 0.25) is 0 Å². The van der Waals surface area contributed by atoms with Crippen molar-refractivity contribution < 1.29 is 13.2 Å². The van der Waals surface area contributed by atoms with Crippen molar-refractivity contribution in [1.82, 2.24) is 15.1 Å². The molecule has 1 amide bonds. The third kappa shape index (κ3) is 3.40. The zero-order valence-electron chi connectivity index (χ0n) is 12.4. The Kier molecular flexibility index (Phi) is 4.63. The number of nitrogens with zero attached hydrogens (tertiary/aromatic N) is 2. The summed E-state index contributed by atoms with van der Waals surface area (Å²) in [6, 6.07) is 0.197. The summed E-state index contributed by atoms with van der Waals surface area (Å²) >= 11 is 0. The zero-order chi connectivity index (χ0) is 15.8. The minimum Gasteiger partial charge on any atom is -0.334 e. The number of hydrogen-bond donors (Lipinski definition) is 1. The van der Waals surface area contributed by atoms with Crippen molar-refractivity contribution in [3.63, 3.8) is 0 Å². The van der Waals surface area contributed by atoms with E-state index < -0.39 is 9.05 Å². The third-order valence-electron chi connectivity index (χ3n) is 3.48. The standard InChI is InChI=1S/C13H20ClN3O3S/c1-4-7-17(9-5-6-9)13(18)11-12(21(14,19)20)10(8(2)3)15-16-11/h8-9H,4-7H2,1-3H3,(H,15,16). The lowest BCUT2D eigenvalue weighted by atomic mass is 10.1. The number of hydrogen-bond acceptors (Lipinski definition) is 4. The van der Waals surface area contributed by atoms with Crippen molar-refractivity contribution in [2.24, 2.45) is 0 Å². The lowest BCUT2D eigenvalue weighted by Crippen LogP contribution is -2.34. The van der Waals surface area contributed by atoms with Crippen LogP contribution in [-0.4, -0.2) is 42.0 Å². The van der Waals surface area contributed by atoms with E-state index in [0.717, 1.165) is 19.3 Å². The Hall–Kier alpha value is -1.08. The second kappa shape index (κ2) is 5.96. The molecular weight excluding hydrogens is 314 g/mol. The molecule has 21 heavy (non-hydrogen) atoms. The van der Waals surface area contributed by atoms with Gasteiger partial charge in [0.25, 0.3) is 15.0 Å². The number of carbonyl (C=O) groups excluding carboxylic acids is 1. The monoisotopic (exact) mass is 333 g/mol. The number of halogens is 1. The van der Waals surface area contributed by atoms with E-state index in [2.05, 4.69) is 10.2 Å². The highest BCUT2D eigenvalue weighted by molar-refractivity contribution is 8.13. The molecule has 0 bridgehead atoms. The molecule has 1 fully saturated rings. The Morgan fingerprint density at radius 1 is 1.48 bits per heavy atom. The Morgan fingerprint density at radius 3 is 2.52 bits per heavy atom. The lowest BCUT2D eigenvalue weighted by molar-refractivity contribution is 0.0733. The quantitative estimate of drug-likeness (QED) is 0.811. The Balaban J connectivity index is 2.46. The van der Waals surface area contributed by atoms with E-state index in [0.29, 0.717) is 12.2 Å². The molecule has 0 saturated heterocycles. The van der Waals surface area contributed by atoms with Gasteiger partial charge in [-0.1, -0.05) is 20.8 Å². The molecule has 0 radical (unpaired) electrons. The van der Waals surface area contributed by atoms with E-state index in [1.54, 1.807) is 4.90 Å². The summed E-state index contributed by atoms with van der Waals surface area (Å²) in [5.41, 5.74) is 0.287. The SMILES string of the molecule is CCCN(C(=O)c1n[nH]c(C(C)C)c1S(=O)(=O)Cl)C1CC1. The molecule has 1 aliphatic carbocycles. The van der Waals surface area contributed by atoms with Crippen molar-refractivity contribution in [3.05, 3.63) is 11.4 Å². The van der Waals surface area contributed by atoms with Gasteiger partial charge in [-0.25, -0.2) is 8.42 Å². The van der Waals surface area contributed by atoms with E-state index in [1.165, 1.54) is 0 Å².